The van der Waals surface area contributed by atoms with E-state index in [4.69, 9.17) is 5.73 Å². The molecule has 0 aliphatic carbocycles. The topological polar surface area (TPSA) is 69.2 Å². The third-order valence-corrected chi connectivity index (χ3v) is 3.82. The van der Waals surface area contributed by atoms with Gasteiger partial charge in [0.2, 0.25) is 0 Å². The lowest BCUT2D eigenvalue weighted by atomic mass is 9.84. The summed E-state index contributed by atoms with van der Waals surface area (Å²) in [5.74, 6) is 0. The SMILES string of the molecule is CC(C)(C)C(N)CCc1ccc([N+](=O)[O-])cc1Br. The Morgan fingerprint density at radius 3 is 2.50 bits per heavy atom. The van der Waals surface area contributed by atoms with Crippen molar-refractivity contribution in [3.63, 3.8) is 0 Å². The van der Waals surface area contributed by atoms with Gasteiger partial charge >= 0.3 is 0 Å². The highest BCUT2D eigenvalue weighted by atomic mass is 79.9. The lowest BCUT2D eigenvalue weighted by molar-refractivity contribution is -0.384. The Morgan fingerprint density at radius 2 is 2.06 bits per heavy atom. The second kappa shape index (κ2) is 5.80. The van der Waals surface area contributed by atoms with Crippen LogP contribution in [0.2, 0.25) is 0 Å². The Kier molecular flexibility index (Phi) is 4.87. The Hall–Kier alpha value is -0.940. The van der Waals surface area contributed by atoms with E-state index >= 15 is 0 Å². The van der Waals surface area contributed by atoms with E-state index in [-0.39, 0.29) is 17.1 Å². The van der Waals surface area contributed by atoms with Crippen LogP contribution in [0.1, 0.15) is 32.8 Å². The monoisotopic (exact) mass is 314 g/mol. The first-order chi connectivity index (χ1) is 8.21. The quantitative estimate of drug-likeness (QED) is 0.681. The molecule has 4 nitrogen and oxygen atoms in total. The number of hydrogen-bond acceptors (Lipinski definition) is 3. The number of nitro groups is 1. The van der Waals surface area contributed by atoms with Gasteiger partial charge in [0.15, 0.2) is 0 Å². The third-order valence-electron chi connectivity index (χ3n) is 3.08. The molecule has 0 aromatic heterocycles. The maximum Gasteiger partial charge on any atom is 0.270 e. The molecule has 1 aromatic rings. The van der Waals surface area contributed by atoms with Crippen LogP contribution in [0.5, 0.6) is 0 Å². The van der Waals surface area contributed by atoms with Gasteiger partial charge in [-0.25, -0.2) is 0 Å². The van der Waals surface area contributed by atoms with Crippen LogP contribution in [0, 0.1) is 15.5 Å². The van der Waals surface area contributed by atoms with Gasteiger partial charge in [0.1, 0.15) is 0 Å². The molecule has 18 heavy (non-hydrogen) atoms. The third kappa shape index (κ3) is 4.07. The van der Waals surface area contributed by atoms with Crippen molar-refractivity contribution < 1.29 is 4.92 Å². The predicted octanol–water partition coefficient (Wildman–Crippen LogP) is 3.66. The fourth-order valence-corrected chi connectivity index (χ4v) is 2.16. The first-order valence-corrected chi connectivity index (χ1v) is 6.69. The molecule has 0 heterocycles. The maximum absolute atomic E-state index is 10.6. The van der Waals surface area contributed by atoms with Gasteiger partial charge < -0.3 is 5.73 Å². The predicted molar refractivity (Wildman–Crippen MR) is 76.5 cm³/mol. The number of aryl methyl sites for hydroxylation is 1. The molecule has 0 radical (unpaired) electrons. The summed E-state index contributed by atoms with van der Waals surface area (Å²) in [7, 11) is 0. The molecule has 0 saturated carbocycles. The lowest BCUT2D eigenvalue weighted by Gasteiger charge is -2.27. The summed E-state index contributed by atoms with van der Waals surface area (Å²) >= 11 is 3.37. The molecule has 0 saturated heterocycles. The molecule has 1 aromatic carbocycles. The molecule has 0 aliphatic heterocycles. The molecule has 0 fully saturated rings. The summed E-state index contributed by atoms with van der Waals surface area (Å²) in [6.45, 7) is 6.34. The maximum atomic E-state index is 10.6. The summed E-state index contributed by atoms with van der Waals surface area (Å²) in [5.41, 5.74) is 7.34. The van der Waals surface area contributed by atoms with Gasteiger partial charge in [-0.2, -0.15) is 0 Å². The molecule has 5 heteroatoms. The molecule has 0 amide bonds. The zero-order valence-corrected chi connectivity index (χ0v) is 12.5. The second-order valence-electron chi connectivity index (χ2n) is 5.54. The summed E-state index contributed by atoms with van der Waals surface area (Å²) in [6, 6.07) is 4.97. The van der Waals surface area contributed by atoms with Gasteiger partial charge in [0.25, 0.3) is 5.69 Å². The highest BCUT2D eigenvalue weighted by Crippen LogP contribution is 2.26. The standard InChI is InChI=1S/C13H19BrN2O2/c1-13(2,3)12(15)7-5-9-4-6-10(16(17)18)8-11(9)14/h4,6,8,12H,5,7,15H2,1-3H3. The molecule has 0 aliphatic rings. The number of rotatable bonds is 4. The average molecular weight is 315 g/mol. The van der Waals surface area contributed by atoms with E-state index in [1.165, 1.54) is 12.1 Å². The smallest absolute Gasteiger partial charge is 0.270 e. The number of benzene rings is 1. The summed E-state index contributed by atoms with van der Waals surface area (Å²) in [4.78, 5) is 10.2. The molecular weight excluding hydrogens is 296 g/mol. The summed E-state index contributed by atoms with van der Waals surface area (Å²) in [5, 5.41) is 10.6. The molecule has 0 bridgehead atoms. The molecule has 1 unspecified atom stereocenters. The number of nitrogens with two attached hydrogens (primary N) is 1. The number of nitro benzene ring substituents is 1. The fraction of sp³-hybridized carbons (Fsp3) is 0.538. The van der Waals surface area contributed by atoms with Crippen LogP contribution in [0.15, 0.2) is 22.7 Å². The molecule has 1 rings (SSSR count). The number of nitrogens with zero attached hydrogens (tertiary/aromatic N) is 1. The van der Waals surface area contributed by atoms with Gasteiger partial charge in [-0.05, 0) is 23.8 Å². The first kappa shape index (κ1) is 15.1. The van der Waals surface area contributed by atoms with E-state index in [1.807, 2.05) is 0 Å². The van der Waals surface area contributed by atoms with Crippen molar-refractivity contribution in [2.24, 2.45) is 11.1 Å². The first-order valence-electron chi connectivity index (χ1n) is 5.90. The van der Waals surface area contributed by atoms with E-state index < -0.39 is 4.92 Å². The van der Waals surface area contributed by atoms with Crippen molar-refractivity contribution in [1.82, 2.24) is 0 Å². The van der Waals surface area contributed by atoms with Crippen LogP contribution in [-0.4, -0.2) is 11.0 Å². The van der Waals surface area contributed by atoms with E-state index in [2.05, 4.69) is 36.7 Å². The van der Waals surface area contributed by atoms with Crippen LogP contribution in [0.4, 0.5) is 5.69 Å². The van der Waals surface area contributed by atoms with Crippen LogP contribution in [-0.2, 0) is 6.42 Å². The summed E-state index contributed by atoms with van der Waals surface area (Å²) < 4.78 is 0.776. The number of hydrogen-bond donors (Lipinski definition) is 1. The normalized spacial score (nSPS) is 13.4. The van der Waals surface area contributed by atoms with Crippen molar-refractivity contribution in [2.75, 3.05) is 0 Å². The van der Waals surface area contributed by atoms with Gasteiger partial charge in [0.05, 0.1) is 4.92 Å². The minimum absolute atomic E-state index is 0.0766. The van der Waals surface area contributed by atoms with E-state index in [1.54, 1.807) is 6.07 Å². The number of non-ortho nitro benzene ring substituents is 1. The number of halogens is 1. The molecular formula is C13H19BrN2O2. The molecule has 0 spiro atoms. The van der Waals surface area contributed by atoms with Crippen molar-refractivity contribution in [2.45, 2.75) is 39.7 Å². The van der Waals surface area contributed by atoms with Gasteiger partial charge in [0, 0.05) is 22.6 Å². The van der Waals surface area contributed by atoms with Gasteiger partial charge in [-0.15, -0.1) is 0 Å². The lowest BCUT2D eigenvalue weighted by Crippen LogP contribution is -2.35. The van der Waals surface area contributed by atoms with Crippen LogP contribution in [0.25, 0.3) is 0 Å². The van der Waals surface area contributed by atoms with Crippen LogP contribution >= 0.6 is 15.9 Å². The van der Waals surface area contributed by atoms with E-state index in [9.17, 15) is 10.1 Å². The Balaban J connectivity index is 2.72. The largest absolute Gasteiger partial charge is 0.327 e. The molecule has 1 atom stereocenters. The highest BCUT2D eigenvalue weighted by Gasteiger charge is 2.20. The highest BCUT2D eigenvalue weighted by molar-refractivity contribution is 9.10. The Bertz CT molecular complexity index is 441. The van der Waals surface area contributed by atoms with Crippen molar-refractivity contribution in [1.29, 1.82) is 0 Å². The van der Waals surface area contributed by atoms with Gasteiger partial charge in [-0.3, -0.25) is 10.1 Å². The Morgan fingerprint density at radius 1 is 1.44 bits per heavy atom. The zero-order chi connectivity index (χ0) is 13.9. The summed E-state index contributed by atoms with van der Waals surface area (Å²) in [6.07, 6.45) is 1.68. The van der Waals surface area contributed by atoms with E-state index in [0.717, 1.165) is 22.9 Å². The van der Waals surface area contributed by atoms with Crippen LogP contribution in [0.3, 0.4) is 0 Å². The van der Waals surface area contributed by atoms with Crippen LogP contribution < -0.4 is 5.73 Å². The minimum Gasteiger partial charge on any atom is -0.327 e. The second-order valence-corrected chi connectivity index (χ2v) is 6.40. The molecule has 2 N–H and O–H groups in total. The Labute approximate surface area is 116 Å². The molecule has 100 valence electrons. The van der Waals surface area contributed by atoms with Crippen molar-refractivity contribution in [3.05, 3.63) is 38.3 Å². The van der Waals surface area contributed by atoms with Gasteiger partial charge in [-0.1, -0.05) is 42.8 Å². The zero-order valence-electron chi connectivity index (χ0n) is 10.9. The van der Waals surface area contributed by atoms with Crippen molar-refractivity contribution in [3.8, 4) is 0 Å². The fourth-order valence-electron chi connectivity index (χ4n) is 1.60. The van der Waals surface area contributed by atoms with Crippen molar-refractivity contribution >= 4 is 21.6 Å². The van der Waals surface area contributed by atoms with E-state index in [0.29, 0.717) is 0 Å². The minimum atomic E-state index is -0.393. The average Bonchev–Trinajstić information content (AvgIpc) is 2.25.